The summed E-state index contributed by atoms with van der Waals surface area (Å²) in [4.78, 5) is 39.4. The number of para-hydroxylation sites is 2. The molecule has 0 bridgehead atoms. The number of primary amides is 1. The first kappa shape index (κ1) is 22.2. The van der Waals surface area contributed by atoms with Gasteiger partial charge in [0.25, 0.3) is 5.91 Å². The number of aromatic nitrogens is 2. The van der Waals surface area contributed by atoms with Gasteiger partial charge in [-0.2, -0.15) is 0 Å². The molecule has 1 saturated heterocycles. The zero-order valence-electron chi connectivity index (χ0n) is 17.6. The first-order chi connectivity index (χ1) is 16.0. The van der Waals surface area contributed by atoms with Crippen molar-refractivity contribution >= 4 is 40.3 Å². The Kier molecular flexibility index (Phi) is 6.79. The molecular weight excluding hydrogens is 442 g/mol. The van der Waals surface area contributed by atoms with Crippen LogP contribution in [0.3, 0.4) is 0 Å². The number of benzene rings is 1. The van der Waals surface area contributed by atoms with E-state index in [2.05, 4.69) is 30.2 Å². The predicted octanol–water partition coefficient (Wildman–Crippen LogP) is 3.01. The van der Waals surface area contributed by atoms with Gasteiger partial charge in [-0.25, -0.2) is 4.98 Å². The number of amides is 2. The van der Waals surface area contributed by atoms with Crippen molar-refractivity contribution in [2.75, 3.05) is 42.9 Å². The molecule has 0 spiro atoms. The largest absolute Gasteiger partial charge is 0.369 e. The summed E-state index contributed by atoms with van der Waals surface area (Å²) in [6, 6.07) is 11.0. The summed E-state index contributed by atoms with van der Waals surface area (Å²) in [7, 11) is 0. The number of thiazole rings is 1. The van der Waals surface area contributed by atoms with Crippen LogP contribution >= 0.6 is 11.3 Å². The molecule has 0 saturated carbocycles. The molecule has 1 aliphatic rings. The van der Waals surface area contributed by atoms with E-state index in [1.165, 1.54) is 17.5 Å². The molecule has 33 heavy (non-hydrogen) atoms. The molecule has 1 fully saturated rings. The van der Waals surface area contributed by atoms with E-state index >= 15 is 0 Å². The Morgan fingerprint density at radius 1 is 1.21 bits per heavy atom. The Morgan fingerprint density at radius 2 is 2.00 bits per heavy atom. The minimum Gasteiger partial charge on any atom is -0.369 e. The molecule has 4 rings (SSSR count). The highest BCUT2D eigenvalue weighted by molar-refractivity contribution is 7.13. The quantitative estimate of drug-likeness (QED) is 0.312. The van der Waals surface area contributed by atoms with Gasteiger partial charge < -0.3 is 16.0 Å². The van der Waals surface area contributed by atoms with Gasteiger partial charge in [0.1, 0.15) is 16.5 Å². The second kappa shape index (κ2) is 10.1. The van der Waals surface area contributed by atoms with Gasteiger partial charge in [0.05, 0.1) is 17.9 Å². The number of nitrogens with zero attached hydrogens (tertiary/aromatic N) is 7. The number of hydrogen-bond donors (Lipinski definition) is 2. The predicted molar refractivity (Wildman–Crippen MR) is 126 cm³/mol. The Labute approximate surface area is 193 Å². The summed E-state index contributed by atoms with van der Waals surface area (Å²) in [5, 5.41) is 8.77. The maximum Gasteiger partial charge on any atom is 0.275 e. The van der Waals surface area contributed by atoms with Crippen molar-refractivity contribution in [1.82, 2.24) is 14.9 Å². The number of carbonyl (C=O) groups is 2. The average Bonchev–Trinajstić information content (AvgIpc) is 3.31. The lowest BCUT2D eigenvalue weighted by atomic mass is 10.2. The Morgan fingerprint density at radius 3 is 2.76 bits per heavy atom. The van der Waals surface area contributed by atoms with E-state index in [1.54, 1.807) is 17.5 Å². The van der Waals surface area contributed by atoms with Crippen molar-refractivity contribution in [1.29, 1.82) is 0 Å². The molecule has 168 valence electrons. The number of nitrogens with two attached hydrogens (primary N) is 1. The molecule has 1 aromatic carbocycles. The van der Waals surface area contributed by atoms with Crippen molar-refractivity contribution in [3.8, 4) is 10.6 Å². The van der Waals surface area contributed by atoms with Crippen LogP contribution in [0.2, 0.25) is 0 Å². The summed E-state index contributed by atoms with van der Waals surface area (Å²) in [5.41, 5.74) is 16.5. The van der Waals surface area contributed by atoms with Crippen LogP contribution in [-0.4, -0.2) is 59.4 Å². The first-order valence-corrected chi connectivity index (χ1v) is 11.0. The van der Waals surface area contributed by atoms with Crippen molar-refractivity contribution < 1.29 is 9.59 Å². The van der Waals surface area contributed by atoms with Crippen LogP contribution in [0.25, 0.3) is 21.0 Å². The van der Waals surface area contributed by atoms with Crippen LogP contribution in [-0.2, 0) is 4.79 Å². The molecule has 3 aromatic rings. The third-order valence-electron chi connectivity index (χ3n) is 5.12. The normalized spacial score (nSPS) is 13.9. The fourth-order valence-electron chi connectivity index (χ4n) is 3.57. The van der Waals surface area contributed by atoms with Gasteiger partial charge in [-0.05, 0) is 34.9 Å². The number of pyridine rings is 1. The first-order valence-electron chi connectivity index (χ1n) is 10.2. The zero-order chi connectivity index (χ0) is 23.2. The van der Waals surface area contributed by atoms with Gasteiger partial charge in [0, 0.05) is 48.2 Å². The van der Waals surface area contributed by atoms with Crippen molar-refractivity contribution in [3.05, 3.63) is 64.1 Å². The van der Waals surface area contributed by atoms with E-state index in [1.807, 2.05) is 29.2 Å². The molecule has 0 radical (unpaired) electrons. The minimum atomic E-state index is -0.334. The van der Waals surface area contributed by atoms with Crippen molar-refractivity contribution in [3.63, 3.8) is 0 Å². The molecule has 0 atom stereocenters. The third kappa shape index (κ3) is 5.44. The highest BCUT2D eigenvalue weighted by atomic mass is 32.1. The number of azide groups is 1. The average molecular weight is 464 g/mol. The van der Waals surface area contributed by atoms with Gasteiger partial charge in [0.15, 0.2) is 0 Å². The van der Waals surface area contributed by atoms with Gasteiger partial charge in [-0.3, -0.25) is 19.5 Å². The molecule has 3 N–H and O–H groups in total. The van der Waals surface area contributed by atoms with Crippen molar-refractivity contribution in [2.24, 2.45) is 10.8 Å². The molecule has 0 aliphatic carbocycles. The SMILES string of the molecule is [N-]=[N+]=Nc1cc(-c2nc(C(=O)Nc3ccccc3N3CCN(CC(N)=O)CC3)cs2)ccn1. The molecule has 2 aromatic heterocycles. The Hall–Kier alpha value is -3.99. The number of hydrogen-bond acceptors (Lipinski definition) is 8. The van der Waals surface area contributed by atoms with Crippen LogP contribution in [0.15, 0.2) is 53.1 Å². The maximum absolute atomic E-state index is 12.9. The highest BCUT2D eigenvalue weighted by Crippen LogP contribution is 2.29. The number of nitrogens with one attached hydrogen (secondary N) is 1. The van der Waals surface area contributed by atoms with E-state index in [9.17, 15) is 9.59 Å². The van der Waals surface area contributed by atoms with E-state index in [0.717, 1.165) is 18.8 Å². The lowest BCUT2D eigenvalue weighted by Gasteiger charge is -2.36. The number of rotatable bonds is 7. The summed E-state index contributed by atoms with van der Waals surface area (Å²) < 4.78 is 0. The van der Waals surface area contributed by atoms with Gasteiger partial charge in [-0.15, -0.1) is 11.3 Å². The number of carbonyl (C=O) groups excluding carboxylic acids is 2. The van der Waals surface area contributed by atoms with E-state index < -0.39 is 0 Å². The van der Waals surface area contributed by atoms with Crippen LogP contribution in [0.1, 0.15) is 10.5 Å². The van der Waals surface area contributed by atoms with Gasteiger partial charge >= 0.3 is 0 Å². The third-order valence-corrected chi connectivity index (χ3v) is 6.01. The van der Waals surface area contributed by atoms with Gasteiger partial charge in [-0.1, -0.05) is 12.1 Å². The minimum absolute atomic E-state index is 0.237. The fourth-order valence-corrected chi connectivity index (χ4v) is 4.37. The van der Waals surface area contributed by atoms with Gasteiger partial charge in [0.2, 0.25) is 5.91 Å². The number of anilines is 2. The van der Waals surface area contributed by atoms with Crippen LogP contribution in [0, 0.1) is 0 Å². The molecular formula is C21H21N9O2S. The van der Waals surface area contributed by atoms with Crippen LogP contribution in [0.4, 0.5) is 17.2 Å². The molecule has 0 unspecified atom stereocenters. The Balaban J connectivity index is 1.46. The smallest absolute Gasteiger partial charge is 0.275 e. The molecule has 11 nitrogen and oxygen atoms in total. The Bertz CT molecular complexity index is 1210. The molecule has 3 heterocycles. The topological polar surface area (TPSA) is 153 Å². The summed E-state index contributed by atoms with van der Waals surface area (Å²) in [6.07, 6.45) is 1.53. The lowest BCUT2D eigenvalue weighted by Crippen LogP contribution is -2.49. The highest BCUT2D eigenvalue weighted by Gasteiger charge is 2.21. The van der Waals surface area contributed by atoms with E-state index in [0.29, 0.717) is 35.0 Å². The monoisotopic (exact) mass is 463 g/mol. The summed E-state index contributed by atoms with van der Waals surface area (Å²) in [5.74, 6) is -0.415. The van der Waals surface area contributed by atoms with E-state index in [-0.39, 0.29) is 24.2 Å². The van der Waals surface area contributed by atoms with Crippen LogP contribution < -0.4 is 16.0 Å². The summed E-state index contributed by atoms with van der Waals surface area (Å²) >= 11 is 1.32. The zero-order valence-corrected chi connectivity index (χ0v) is 18.4. The standard InChI is InChI=1S/C21H21N9O2S/c22-18(31)12-29-7-9-30(10-8-29)17-4-2-1-3-15(17)25-20(32)16-13-33-21(26-16)14-5-6-24-19(11-14)27-28-23/h1-6,11,13H,7-10,12H2,(H2,22,31)(H,25,32). The second-order valence-electron chi connectivity index (χ2n) is 7.33. The maximum atomic E-state index is 12.9. The van der Waals surface area contributed by atoms with Crippen molar-refractivity contribution in [2.45, 2.75) is 0 Å². The molecule has 2 amide bonds. The second-order valence-corrected chi connectivity index (χ2v) is 8.19. The lowest BCUT2D eigenvalue weighted by molar-refractivity contribution is -0.119. The number of piperazine rings is 1. The van der Waals surface area contributed by atoms with Crippen LogP contribution in [0.5, 0.6) is 0 Å². The fraction of sp³-hybridized carbons (Fsp3) is 0.238. The summed E-state index contributed by atoms with van der Waals surface area (Å²) in [6.45, 7) is 3.11. The molecule has 12 heteroatoms. The molecule has 1 aliphatic heterocycles. The van der Waals surface area contributed by atoms with E-state index in [4.69, 9.17) is 11.3 Å².